The van der Waals surface area contributed by atoms with Gasteiger partial charge in [0.1, 0.15) is 23.8 Å². The molecule has 1 aromatic carbocycles. The van der Waals surface area contributed by atoms with Crippen LogP contribution in [0.15, 0.2) is 49.1 Å². The number of carbonyl (C=O) groups excluding carboxylic acids is 2. The van der Waals surface area contributed by atoms with Crippen LogP contribution in [0.2, 0.25) is 0 Å². The number of hydrogen-bond acceptors (Lipinski definition) is 6. The van der Waals surface area contributed by atoms with Crippen molar-refractivity contribution in [2.45, 2.75) is 20.3 Å². The van der Waals surface area contributed by atoms with Crippen molar-refractivity contribution >= 4 is 23.3 Å². The largest absolute Gasteiger partial charge is 0.353 e. The average Bonchev–Trinajstić information content (AvgIpc) is 3.45. The summed E-state index contributed by atoms with van der Waals surface area (Å²) in [6, 6.07) is 9.81. The minimum absolute atomic E-state index is 0.0131. The van der Waals surface area contributed by atoms with Crippen LogP contribution in [0, 0.1) is 19.8 Å². The normalized spacial score (nSPS) is 18.8. The highest BCUT2D eigenvalue weighted by Gasteiger charge is 2.38. The van der Waals surface area contributed by atoms with Crippen molar-refractivity contribution in [3.8, 4) is 5.82 Å². The van der Waals surface area contributed by atoms with Crippen molar-refractivity contribution in [3.05, 3.63) is 60.4 Å². The number of amides is 2. The first-order valence-electron chi connectivity index (χ1n) is 11.2. The predicted octanol–water partition coefficient (Wildman–Crippen LogP) is 1.98. The first-order chi connectivity index (χ1) is 16.0. The van der Waals surface area contributed by atoms with Gasteiger partial charge in [0, 0.05) is 63.3 Å². The molecule has 2 saturated heterocycles. The molecule has 1 atom stereocenters. The fourth-order valence-corrected chi connectivity index (χ4v) is 4.52. The van der Waals surface area contributed by atoms with E-state index in [1.165, 1.54) is 0 Å². The zero-order valence-electron chi connectivity index (χ0n) is 18.9. The predicted molar refractivity (Wildman–Crippen MR) is 124 cm³/mol. The van der Waals surface area contributed by atoms with Crippen molar-refractivity contribution in [2.75, 3.05) is 42.5 Å². The second-order valence-corrected chi connectivity index (χ2v) is 8.63. The highest BCUT2D eigenvalue weighted by Crippen LogP contribution is 2.27. The highest BCUT2D eigenvalue weighted by molar-refractivity contribution is 6.00. The number of anilines is 2. The lowest BCUT2D eigenvalue weighted by Gasteiger charge is -2.36. The highest BCUT2D eigenvalue weighted by atomic mass is 16.2. The van der Waals surface area contributed by atoms with Gasteiger partial charge in [-0.25, -0.2) is 15.0 Å². The van der Waals surface area contributed by atoms with Crippen molar-refractivity contribution in [1.29, 1.82) is 0 Å². The van der Waals surface area contributed by atoms with Gasteiger partial charge in [0.25, 0.3) is 0 Å². The fourth-order valence-electron chi connectivity index (χ4n) is 4.52. The molecular formula is C24H27N7O2. The third kappa shape index (κ3) is 4.18. The minimum atomic E-state index is -0.291. The Kier molecular flexibility index (Phi) is 5.53. The van der Waals surface area contributed by atoms with Crippen molar-refractivity contribution in [2.24, 2.45) is 5.92 Å². The number of carbonyl (C=O) groups is 2. The molecule has 4 heterocycles. The van der Waals surface area contributed by atoms with E-state index in [-0.39, 0.29) is 24.2 Å². The molecule has 170 valence electrons. The summed E-state index contributed by atoms with van der Waals surface area (Å²) in [4.78, 5) is 44.6. The van der Waals surface area contributed by atoms with Crippen LogP contribution < -0.4 is 9.80 Å². The van der Waals surface area contributed by atoms with Gasteiger partial charge in [-0.05, 0) is 26.0 Å². The number of benzene rings is 1. The molecule has 1 unspecified atom stereocenters. The van der Waals surface area contributed by atoms with Crippen molar-refractivity contribution in [3.63, 3.8) is 0 Å². The SMILES string of the molecule is Cc1ccc(N2CC(C(=O)N3CCN(c4cc(-n5ccnc5C)ncn4)CC3)CC2=O)cc1. The molecule has 2 amide bonds. The summed E-state index contributed by atoms with van der Waals surface area (Å²) in [5.74, 6) is 2.26. The van der Waals surface area contributed by atoms with Crippen molar-refractivity contribution in [1.82, 2.24) is 24.4 Å². The van der Waals surface area contributed by atoms with Gasteiger partial charge >= 0.3 is 0 Å². The molecule has 0 spiro atoms. The van der Waals surface area contributed by atoms with E-state index in [2.05, 4.69) is 19.9 Å². The molecule has 2 aromatic heterocycles. The van der Waals surface area contributed by atoms with Crippen LogP contribution >= 0.6 is 0 Å². The summed E-state index contributed by atoms with van der Waals surface area (Å²) in [6.45, 7) is 6.98. The Balaban J connectivity index is 1.21. The third-order valence-electron chi connectivity index (χ3n) is 6.45. The molecule has 3 aromatic rings. The Morgan fingerprint density at radius 3 is 2.39 bits per heavy atom. The molecule has 0 bridgehead atoms. The van der Waals surface area contributed by atoms with Gasteiger partial charge in [0.2, 0.25) is 11.8 Å². The molecule has 0 N–H and O–H groups in total. The summed E-state index contributed by atoms with van der Waals surface area (Å²) in [7, 11) is 0. The van der Waals surface area contributed by atoms with Crippen LogP contribution in [0.4, 0.5) is 11.5 Å². The van der Waals surface area contributed by atoms with Gasteiger partial charge in [-0.1, -0.05) is 17.7 Å². The Morgan fingerprint density at radius 2 is 1.70 bits per heavy atom. The van der Waals surface area contributed by atoms with Gasteiger partial charge in [0.05, 0.1) is 5.92 Å². The summed E-state index contributed by atoms with van der Waals surface area (Å²) in [6.07, 6.45) is 5.45. The van der Waals surface area contributed by atoms with Crippen LogP contribution in [0.5, 0.6) is 0 Å². The Hall–Kier alpha value is -3.75. The first-order valence-corrected chi connectivity index (χ1v) is 11.2. The molecule has 2 aliphatic heterocycles. The smallest absolute Gasteiger partial charge is 0.228 e. The molecule has 2 aliphatic rings. The molecule has 2 fully saturated rings. The summed E-state index contributed by atoms with van der Waals surface area (Å²) in [5, 5.41) is 0. The van der Waals surface area contributed by atoms with Crippen LogP contribution in [0.1, 0.15) is 17.8 Å². The van der Waals surface area contributed by atoms with E-state index in [0.29, 0.717) is 32.7 Å². The Bertz CT molecular complexity index is 1170. The maximum absolute atomic E-state index is 13.2. The maximum atomic E-state index is 13.2. The lowest BCUT2D eigenvalue weighted by molar-refractivity contribution is -0.136. The van der Waals surface area contributed by atoms with E-state index >= 15 is 0 Å². The molecule has 9 heteroatoms. The van der Waals surface area contributed by atoms with E-state index in [9.17, 15) is 9.59 Å². The van der Waals surface area contributed by atoms with Gasteiger partial charge in [-0.15, -0.1) is 0 Å². The van der Waals surface area contributed by atoms with Gasteiger partial charge in [0.15, 0.2) is 0 Å². The van der Waals surface area contributed by atoms with E-state index in [1.807, 2.05) is 59.8 Å². The number of piperazine rings is 1. The van der Waals surface area contributed by atoms with Crippen LogP contribution in [0.25, 0.3) is 5.82 Å². The average molecular weight is 446 g/mol. The molecule has 33 heavy (non-hydrogen) atoms. The fraction of sp³-hybridized carbons (Fsp3) is 0.375. The molecule has 0 saturated carbocycles. The van der Waals surface area contributed by atoms with Gasteiger partial charge in [-0.3, -0.25) is 14.2 Å². The van der Waals surface area contributed by atoms with E-state index < -0.39 is 0 Å². The van der Waals surface area contributed by atoms with Crippen LogP contribution in [-0.4, -0.2) is 69.0 Å². The zero-order chi connectivity index (χ0) is 22.9. The van der Waals surface area contributed by atoms with E-state index in [0.717, 1.165) is 28.7 Å². The lowest BCUT2D eigenvalue weighted by atomic mass is 10.1. The number of imidazole rings is 1. The standard InChI is InChI=1S/C24H27N7O2/c1-17-3-5-20(6-4-17)31-15-19(13-23(31)32)24(33)29-11-9-28(10-12-29)21-14-22(27-16-26-21)30-8-7-25-18(30)2/h3-8,14,16,19H,9-13,15H2,1-2H3. The van der Waals surface area contributed by atoms with Crippen LogP contribution in [-0.2, 0) is 9.59 Å². The van der Waals surface area contributed by atoms with E-state index in [1.54, 1.807) is 17.4 Å². The molecule has 0 aliphatic carbocycles. The molecular weight excluding hydrogens is 418 g/mol. The Labute approximate surface area is 192 Å². The number of hydrogen-bond donors (Lipinski definition) is 0. The molecule has 9 nitrogen and oxygen atoms in total. The summed E-state index contributed by atoms with van der Waals surface area (Å²) in [5.41, 5.74) is 2.00. The maximum Gasteiger partial charge on any atom is 0.228 e. The number of aromatic nitrogens is 4. The zero-order valence-corrected chi connectivity index (χ0v) is 18.9. The third-order valence-corrected chi connectivity index (χ3v) is 6.45. The quantitative estimate of drug-likeness (QED) is 0.610. The Morgan fingerprint density at radius 1 is 0.970 bits per heavy atom. The molecule has 5 rings (SSSR count). The van der Waals surface area contributed by atoms with Crippen molar-refractivity contribution < 1.29 is 9.59 Å². The number of rotatable bonds is 4. The number of aryl methyl sites for hydroxylation is 2. The second-order valence-electron chi connectivity index (χ2n) is 8.63. The first kappa shape index (κ1) is 21.1. The summed E-state index contributed by atoms with van der Waals surface area (Å²) < 4.78 is 1.92. The monoisotopic (exact) mass is 445 g/mol. The van der Waals surface area contributed by atoms with Gasteiger partial charge < -0.3 is 14.7 Å². The van der Waals surface area contributed by atoms with Crippen LogP contribution in [0.3, 0.4) is 0 Å². The minimum Gasteiger partial charge on any atom is -0.353 e. The topological polar surface area (TPSA) is 87.5 Å². The number of nitrogens with zero attached hydrogens (tertiary/aromatic N) is 7. The summed E-state index contributed by atoms with van der Waals surface area (Å²) >= 11 is 0. The lowest BCUT2D eigenvalue weighted by Crippen LogP contribution is -2.51. The van der Waals surface area contributed by atoms with E-state index in [4.69, 9.17) is 0 Å². The van der Waals surface area contributed by atoms with Gasteiger partial charge in [-0.2, -0.15) is 0 Å². The molecule has 0 radical (unpaired) electrons. The second kappa shape index (κ2) is 8.65.